The van der Waals surface area contributed by atoms with E-state index < -0.39 is 5.41 Å². The van der Waals surface area contributed by atoms with Crippen LogP contribution in [0.15, 0.2) is 528 Å². The van der Waals surface area contributed by atoms with Crippen LogP contribution in [0.25, 0.3) is 132 Å². The van der Waals surface area contributed by atoms with Gasteiger partial charge >= 0.3 is 0 Å². The van der Waals surface area contributed by atoms with Gasteiger partial charge in [-0.25, -0.2) is 0 Å². The second kappa shape index (κ2) is 37.9. The largest absolute Gasteiger partial charge is 0.356 e. The average Bonchev–Trinajstić information content (AvgIpc) is 1.53. The third-order valence-electron chi connectivity index (χ3n) is 24.8. The smallest absolute Gasteiger partial charge is 0.0713 e. The van der Waals surface area contributed by atoms with Crippen molar-refractivity contribution in [3.05, 3.63) is 556 Å². The van der Waals surface area contributed by atoms with Crippen LogP contribution in [0.1, 0.15) is 27.8 Å². The molecule has 22 aromatic carbocycles. The number of nitrogens with one attached hydrogen (secondary N) is 4. The minimum atomic E-state index is -0.391. The van der Waals surface area contributed by atoms with Gasteiger partial charge in [-0.1, -0.05) is 430 Å². The summed E-state index contributed by atoms with van der Waals surface area (Å²) < 4.78 is 0. The standard InChI is InChI=1S/C43H31N.C32H23N.C28H21N.C23H19N/c1-4-12-31(13-5-1)32-20-25-37(26-21-32)44-38-27-22-33(23-28-38)34-24-29-40-39-18-10-11-19-41(39)43(42(40)30-34,35-14-6-2-7-15-35)36-16-8-3-9-17-36;1-3-11-29-23(7-1)9-5-13-31(29)25-15-19-27(20-16-25)33-28-21-17-26(18-22-28)32-14-6-10-24-8-2-4-12-30(24)32;1-2-7-21(8-3-1)22-13-17-25(18-14-22)29-26-19-15-24(16-20-26)28-12-6-10-23-9-4-5-11-27(23)28;1-17-6-8-19(9-7-17)20-10-13-22(14-11-20)24-23-15-12-18-4-2-3-5-21(18)16-23/h1-30,44H;1-22,33H;1-20,29H;2-16,24H,1H3. The molecule has 23 rings (SSSR count). The average molecular weight is 1660 g/mol. The van der Waals surface area contributed by atoms with Gasteiger partial charge in [0.25, 0.3) is 0 Å². The first-order valence-corrected chi connectivity index (χ1v) is 44.6. The lowest BCUT2D eigenvalue weighted by atomic mass is 9.67. The van der Waals surface area contributed by atoms with E-state index in [1.807, 2.05) is 12.1 Å². The van der Waals surface area contributed by atoms with Crippen molar-refractivity contribution >= 4 is 88.6 Å². The van der Waals surface area contributed by atoms with E-state index in [9.17, 15) is 0 Å². The Kier molecular flexibility index (Phi) is 23.7. The van der Waals surface area contributed by atoms with Gasteiger partial charge in [0, 0.05) is 45.5 Å². The Labute approximate surface area is 761 Å². The zero-order valence-electron chi connectivity index (χ0n) is 72.2. The van der Waals surface area contributed by atoms with Crippen molar-refractivity contribution in [2.24, 2.45) is 0 Å². The monoisotopic (exact) mass is 1660 g/mol. The summed E-state index contributed by atoms with van der Waals surface area (Å²) in [5.41, 5.74) is 34.7. The minimum absolute atomic E-state index is 0.391. The lowest BCUT2D eigenvalue weighted by Gasteiger charge is -2.34. The summed E-state index contributed by atoms with van der Waals surface area (Å²) in [4.78, 5) is 0. The van der Waals surface area contributed by atoms with E-state index in [4.69, 9.17) is 0 Å². The second-order valence-corrected chi connectivity index (χ2v) is 33.1. The van der Waals surface area contributed by atoms with Crippen molar-refractivity contribution in [1.29, 1.82) is 0 Å². The molecule has 0 saturated carbocycles. The molecule has 0 spiro atoms. The first-order chi connectivity index (χ1) is 64.3. The molecule has 4 heteroatoms. The maximum atomic E-state index is 3.57. The van der Waals surface area contributed by atoms with Crippen molar-refractivity contribution in [3.63, 3.8) is 0 Å². The molecule has 618 valence electrons. The maximum Gasteiger partial charge on any atom is 0.0713 e. The van der Waals surface area contributed by atoms with Crippen LogP contribution in [0.3, 0.4) is 0 Å². The van der Waals surface area contributed by atoms with Crippen LogP contribution < -0.4 is 21.3 Å². The normalized spacial score (nSPS) is 11.5. The highest BCUT2D eigenvalue weighted by atomic mass is 14.9. The van der Waals surface area contributed by atoms with Gasteiger partial charge in [0.2, 0.25) is 0 Å². The van der Waals surface area contributed by atoms with E-state index in [0.717, 1.165) is 45.5 Å². The molecule has 4 nitrogen and oxygen atoms in total. The highest BCUT2D eigenvalue weighted by Gasteiger charge is 2.46. The molecule has 0 unspecified atom stereocenters. The predicted octanol–water partition coefficient (Wildman–Crippen LogP) is 34.7. The molecule has 0 aliphatic heterocycles. The molecule has 0 atom stereocenters. The summed E-state index contributed by atoms with van der Waals surface area (Å²) in [7, 11) is 0. The molecule has 0 saturated heterocycles. The molecule has 0 radical (unpaired) electrons. The topological polar surface area (TPSA) is 48.1 Å². The minimum Gasteiger partial charge on any atom is -0.356 e. The quantitative estimate of drug-likeness (QED) is 0.0734. The molecular formula is C126H94N4. The fourth-order valence-electron chi connectivity index (χ4n) is 18.2. The van der Waals surface area contributed by atoms with Crippen LogP contribution in [0.4, 0.5) is 45.5 Å². The van der Waals surface area contributed by atoms with Crippen LogP contribution in [-0.2, 0) is 5.41 Å². The fraction of sp³-hybridized carbons (Fsp3) is 0.0159. The molecule has 1 aliphatic carbocycles. The van der Waals surface area contributed by atoms with Gasteiger partial charge in [-0.05, 0) is 264 Å². The van der Waals surface area contributed by atoms with Crippen molar-refractivity contribution in [2.45, 2.75) is 12.3 Å². The zero-order valence-corrected chi connectivity index (χ0v) is 72.2. The van der Waals surface area contributed by atoms with Crippen LogP contribution in [0.2, 0.25) is 0 Å². The molecule has 22 aromatic rings. The van der Waals surface area contributed by atoms with Crippen LogP contribution in [0.5, 0.6) is 0 Å². The van der Waals surface area contributed by atoms with Gasteiger partial charge in [0.15, 0.2) is 0 Å². The summed E-state index contributed by atoms with van der Waals surface area (Å²) in [6.45, 7) is 2.11. The van der Waals surface area contributed by atoms with Crippen molar-refractivity contribution in [3.8, 4) is 89.0 Å². The molecule has 0 bridgehead atoms. The van der Waals surface area contributed by atoms with Gasteiger partial charge in [0.1, 0.15) is 0 Å². The molecule has 1 aliphatic rings. The van der Waals surface area contributed by atoms with E-state index in [0.29, 0.717) is 0 Å². The number of anilines is 8. The van der Waals surface area contributed by atoms with Crippen molar-refractivity contribution in [2.75, 3.05) is 21.3 Å². The number of hydrogen-bond donors (Lipinski definition) is 4. The Balaban J connectivity index is 0.000000111. The van der Waals surface area contributed by atoms with E-state index in [2.05, 4.69) is 544 Å². The van der Waals surface area contributed by atoms with Crippen LogP contribution in [-0.4, -0.2) is 0 Å². The molecule has 0 aromatic heterocycles. The summed E-state index contributed by atoms with van der Waals surface area (Å²) in [6.07, 6.45) is 0. The Morgan fingerprint density at radius 2 is 0.400 bits per heavy atom. The molecule has 0 fully saturated rings. The van der Waals surface area contributed by atoms with Gasteiger partial charge in [-0.3, -0.25) is 0 Å². The van der Waals surface area contributed by atoms with Crippen LogP contribution >= 0.6 is 0 Å². The lowest BCUT2D eigenvalue weighted by Crippen LogP contribution is -2.28. The Hall–Kier alpha value is -16.9. The second-order valence-electron chi connectivity index (χ2n) is 33.1. The van der Waals surface area contributed by atoms with E-state index in [1.165, 1.54) is 160 Å². The molecule has 4 N–H and O–H groups in total. The van der Waals surface area contributed by atoms with Gasteiger partial charge < -0.3 is 21.3 Å². The molecule has 0 amide bonds. The number of aryl methyl sites for hydroxylation is 1. The highest BCUT2D eigenvalue weighted by molar-refractivity contribution is 6.00. The molecule has 130 heavy (non-hydrogen) atoms. The van der Waals surface area contributed by atoms with Crippen LogP contribution in [0, 0.1) is 6.92 Å². The maximum absolute atomic E-state index is 3.57. The SMILES string of the molecule is Cc1ccc(-c2ccc(Nc3ccc4ccccc4c3)cc2)cc1.c1ccc(-c2ccc(Nc3ccc(-c4ccc5c(c4)C(c4ccccc4)(c4ccccc4)c4ccccc4-5)cc3)cc2)cc1.c1ccc(-c2ccc(Nc3ccc(-c4cccc5ccccc45)cc3)cc2)cc1.c1ccc2c(-c3ccc(Nc4ccc(-c5cccc6ccccc56)cc4)cc3)cccc2c1. The zero-order chi connectivity index (χ0) is 87.2. The third kappa shape index (κ3) is 17.9. The number of benzene rings is 22. The fourth-order valence-corrected chi connectivity index (χ4v) is 18.2. The highest BCUT2D eigenvalue weighted by Crippen LogP contribution is 2.57. The third-order valence-corrected chi connectivity index (χ3v) is 24.8. The number of hydrogen-bond acceptors (Lipinski definition) is 4. The van der Waals surface area contributed by atoms with Crippen molar-refractivity contribution in [1.82, 2.24) is 0 Å². The number of rotatable bonds is 17. The summed E-state index contributed by atoms with van der Waals surface area (Å²) in [6, 6.07) is 188. The lowest BCUT2D eigenvalue weighted by molar-refractivity contribution is 0.769. The van der Waals surface area contributed by atoms with E-state index in [-0.39, 0.29) is 0 Å². The Morgan fingerprint density at radius 3 is 0.785 bits per heavy atom. The Morgan fingerprint density at radius 1 is 0.146 bits per heavy atom. The van der Waals surface area contributed by atoms with Gasteiger partial charge in [-0.2, -0.15) is 0 Å². The van der Waals surface area contributed by atoms with Crippen molar-refractivity contribution < 1.29 is 0 Å². The number of fused-ring (bicyclic) bond motifs is 7. The molecule has 0 heterocycles. The molecular weight excluding hydrogens is 1570 g/mol. The van der Waals surface area contributed by atoms with E-state index >= 15 is 0 Å². The van der Waals surface area contributed by atoms with Gasteiger partial charge in [-0.15, -0.1) is 0 Å². The Bertz CT molecular complexity index is 7440. The summed E-state index contributed by atoms with van der Waals surface area (Å²) in [5.74, 6) is 0. The first kappa shape index (κ1) is 81.4. The first-order valence-electron chi connectivity index (χ1n) is 44.6. The predicted molar refractivity (Wildman–Crippen MR) is 555 cm³/mol. The summed E-state index contributed by atoms with van der Waals surface area (Å²) in [5, 5.41) is 24.3. The van der Waals surface area contributed by atoms with E-state index in [1.54, 1.807) is 0 Å². The summed E-state index contributed by atoms with van der Waals surface area (Å²) >= 11 is 0. The van der Waals surface area contributed by atoms with Gasteiger partial charge in [0.05, 0.1) is 5.41 Å².